The molecule has 4 heteroatoms. The van der Waals surface area contributed by atoms with Crippen molar-refractivity contribution < 1.29 is 4.39 Å². The highest BCUT2D eigenvalue weighted by Crippen LogP contribution is 2.29. The molecule has 0 aromatic heterocycles. The van der Waals surface area contributed by atoms with Crippen molar-refractivity contribution in [3.05, 3.63) is 58.3 Å². The Labute approximate surface area is 127 Å². The van der Waals surface area contributed by atoms with Gasteiger partial charge in [0, 0.05) is 20.1 Å². The smallest absolute Gasteiger partial charge is 0.137 e. The van der Waals surface area contributed by atoms with Crippen LogP contribution in [-0.2, 0) is 0 Å². The number of rotatable bonds is 4. The average Bonchev–Trinajstić information content (AvgIpc) is 2.42. The van der Waals surface area contributed by atoms with Crippen LogP contribution in [0.4, 0.5) is 15.8 Å². The largest absolute Gasteiger partial charge is 0.377 e. The Balaban J connectivity index is 2.23. The topological polar surface area (TPSA) is 15.3 Å². The number of nitrogens with zero attached hydrogens (tertiary/aromatic N) is 1. The summed E-state index contributed by atoms with van der Waals surface area (Å²) in [4.78, 5) is 2.07. The van der Waals surface area contributed by atoms with Crippen molar-refractivity contribution in [3.63, 3.8) is 0 Å². The Kier molecular flexibility index (Phi) is 4.65. The molecule has 1 atom stereocenters. The summed E-state index contributed by atoms with van der Waals surface area (Å²) < 4.78 is 13.8. The van der Waals surface area contributed by atoms with Crippen LogP contribution in [0.3, 0.4) is 0 Å². The lowest BCUT2D eigenvalue weighted by Gasteiger charge is -2.22. The SMILES string of the molecule is CC(Nc1ccccc1N(C)C)c1ccc(F)c(Br)c1. The van der Waals surface area contributed by atoms with Gasteiger partial charge in [-0.15, -0.1) is 0 Å². The van der Waals surface area contributed by atoms with E-state index in [2.05, 4.69) is 39.1 Å². The second kappa shape index (κ2) is 6.27. The fourth-order valence-corrected chi connectivity index (χ4v) is 2.48. The Hall–Kier alpha value is -1.55. The van der Waals surface area contributed by atoms with Crippen LogP contribution in [-0.4, -0.2) is 14.1 Å². The van der Waals surface area contributed by atoms with Crippen LogP contribution in [0.5, 0.6) is 0 Å². The van der Waals surface area contributed by atoms with E-state index >= 15 is 0 Å². The number of anilines is 2. The second-order valence-corrected chi connectivity index (χ2v) is 5.81. The maximum Gasteiger partial charge on any atom is 0.137 e. The predicted octanol–water partition coefficient (Wildman–Crippen LogP) is 4.83. The second-order valence-electron chi connectivity index (χ2n) is 4.95. The van der Waals surface area contributed by atoms with Gasteiger partial charge in [-0.1, -0.05) is 18.2 Å². The van der Waals surface area contributed by atoms with E-state index in [1.165, 1.54) is 6.07 Å². The van der Waals surface area contributed by atoms with E-state index in [0.29, 0.717) is 4.47 Å². The molecule has 0 aliphatic carbocycles. The van der Waals surface area contributed by atoms with Crippen LogP contribution in [0.15, 0.2) is 46.9 Å². The lowest BCUT2D eigenvalue weighted by Crippen LogP contribution is -2.14. The molecule has 1 N–H and O–H groups in total. The van der Waals surface area contributed by atoms with Gasteiger partial charge in [0.1, 0.15) is 5.82 Å². The fraction of sp³-hybridized carbons (Fsp3) is 0.250. The number of halogens is 2. The molecule has 20 heavy (non-hydrogen) atoms. The zero-order valence-electron chi connectivity index (χ0n) is 11.8. The highest BCUT2D eigenvalue weighted by molar-refractivity contribution is 9.10. The van der Waals surface area contributed by atoms with E-state index in [1.807, 2.05) is 38.4 Å². The summed E-state index contributed by atoms with van der Waals surface area (Å²) in [7, 11) is 4.03. The van der Waals surface area contributed by atoms with Crippen LogP contribution in [0, 0.1) is 5.82 Å². The third kappa shape index (κ3) is 3.31. The third-order valence-corrected chi connectivity index (χ3v) is 3.81. The molecule has 1 unspecified atom stereocenters. The van der Waals surface area contributed by atoms with Gasteiger partial charge in [-0.3, -0.25) is 0 Å². The van der Waals surface area contributed by atoms with Gasteiger partial charge in [0.2, 0.25) is 0 Å². The summed E-state index contributed by atoms with van der Waals surface area (Å²) in [5, 5.41) is 3.47. The molecule has 0 aliphatic heterocycles. The standard InChI is InChI=1S/C16H18BrFN2/c1-11(12-8-9-14(18)13(17)10-12)19-15-6-4-5-7-16(15)20(2)3/h4-11,19H,1-3H3. The molecule has 0 spiro atoms. The molecular formula is C16H18BrFN2. The minimum Gasteiger partial charge on any atom is -0.377 e. The normalized spacial score (nSPS) is 12.1. The Morgan fingerprint density at radius 3 is 2.50 bits per heavy atom. The highest BCUT2D eigenvalue weighted by Gasteiger charge is 2.10. The predicted molar refractivity (Wildman–Crippen MR) is 86.9 cm³/mol. The van der Waals surface area contributed by atoms with E-state index in [9.17, 15) is 4.39 Å². The molecule has 0 aliphatic rings. The Morgan fingerprint density at radius 1 is 1.15 bits per heavy atom. The van der Waals surface area contributed by atoms with Gasteiger partial charge in [-0.05, 0) is 52.7 Å². The molecule has 0 fully saturated rings. The third-order valence-electron chi connectivity index (χ3n) is 3.20. The van der Waals surface area contributed by atoms with E-state index in [1.54, 1.807) is 6.07 Å². The van der Waals surface area contributed by atoms with Gasteiger partial charge in [0.25, 0.3) is 0 Å². The Bertz CT molecular complexity index is 599. The average molecular weight is 337 g/mol. The molecule has 2 aromatic rings. The molecular weight excluding hydrogens is 319 g/mol. The molecule has 0 saturated heterocycles. The number of hydrogen-bond donors (Lipinski definition) is 1. The van der Waals surface area contributed by atoms with Gasteiger partial charge < -0.3 is 10.2 Å². The van der Waals surface area contributed by atoms with Gasteiger partial charge in [-0.2, -0.15) is 0 Å². The summed E-state index contributed by atoms with van der Waals surface area (Å²) in [6.45, 7) is 2.06. The molecule has 2 nitrogen and oxygen atoms in total. The Morgan fingerprint density at radius 2 is 1.85 bits per heavy atom. The molecule has 0 saturated carbocycles. The molecule has 0 heterocycles. The van der Waals surface area contributed by atoms with Gasteiger partial charge in [0.15, 0.2) is 0 Å². The summed E-state index contributed by atoms with van der Waals surface area (Å²) in [6.07, 6.45) is 0. The van der Waals surface area contributed by atoms with Crippen molar-refractivity contribution in [2.75, 3.05) is 24.3 Å². The number of benzene rings is 2. The van der Waals surface area contributed by atoms with Gasteiger partial charge in [0.05, 0.1) is 15.8 Å². The molecule has 2 rings (SSSR count). The van der Waals surface area contributed by atoms with Crippen molar-refractivity contribution in [3.8, 4) is 0 Å². The molecule has 0 amide bonds. The van der Waals surface area contributed by atoms with E-state index in [-0.39, 0.29) is 11.9 Å². The number of hydrogen-bond acceptors (Lipinski definition) is 2. The first kappa shape index (κ1) is 14.9. The minimum atomic E-state index is -0.241. The van der Waals surface area contributed by atoms with Crippen molar-refractivity contribution in [1.82, 2.24) is 0 Å². The van der Waals surface area contributed by atoms with Crippen LogP contribution in [0.2, 0.25) is 0 Å². The monoisotopic (exact) mass is 336 g/mol. The van der Waals surface area contributed by atoms with Crippen molar-refractivity contribution in [2.45, 2.75) is 13.0 Å². The molecule has 0 radical (unpaired) electrons. The molecule has 0 bridgehead atoms. The number of para-hydroxylation sites is 2. The first-order chi connectivity index (χ1) is 9.49. The van der Waals surface area contributed by atoms with Crippen LogP contribution in [0.25, 0.3) is 0 Å². The summed E-state index contributed by atoms with van der Waals surface area (Å²) in [5.74, 6) is -0.241. The van der Waals surface area contributed by atoms with Crippen molar-refractivity contribution >= 4 is 27.3 Å². The zero-order valence-corrected chi connectivity index (χ0v) is 13.4. The van der Waals surface area contributed by atoms with E-state index < -0.39 is 0 Å². The minimum absolute atomic E-state index is 0.0907. The lowest BCUT2D eigenvalue weighted by atomic mass is 10.1. The first-order valence-corrected chi connectivity index (χ1v) is 7.26. The summed E-state index contributed by atoms with van der Waals surface area (Å²) >= 11 is 3.23. The number of nitrogens with one attached hydrogen (secondary N) is 1. The van der Waals surface area contributed by atoms with Crippen LogP contribution >= 0.6 is 15.9 Å². The fourth-order valence-electron chi connectivity index (χ4n) is 2.08. The highest BCUT2D eigenvalue weighted by atomic mass is 79.9. The van der Waals surface area contributed by atoms with Crippen LogP contribution in [0.1, 0.15) is 18.5 Å². The van der Waals surface area contributed by atoms with Gasteiger partial charge >= 0.3 is 0 Å². The first-order valence-electron chi connectivity index (χ1n) is 6.47. The summed E-state index contributed by atoms with van der Waals surface area (Å²) in [6, 6.07) is 13.3. The molecule has 106 valence electrons. The van der Waals surface area contributed by atoms with E-state index in [0.717, 1.165) is 16.9 Å². The van der Waals surface area contributed by atoms with E-state index in [4.69, 9.17) is 0 Å². The van der Waals surface area contributed by atoms with Crippen molar-refractivity contribution in [2.24, 2.45) is 0 Å². The summed E-state index contributed by atoms with van der Waals surface area (Å²) in [5.41, 5.74) is 3.22. The van der Waals surface area contributed by atoms with Gasteiger partial charge in [-0.25, -0.2) is 4.39 Å². The maximum absolute atomic E-state index is 13.3. The van der Waals surface area contributed by atoms with Crippen molar-refractivity contribution in [1.29, 1.82) is 0 Å². The quantitative estimate of drug-likeness (QED) is 0.860. The molecule has 2 aromatic carbocycles. The lowest BCUT2D eigenvalue weighted by molar-refractivity contribution is 0.619. The zero-order chi connectivity index (χ0) is 14.7. The van der Waals surface area contributed by atoms with Crippen LogP contribution < -0.4 is 10.2 Å². The maximum atomic E-state index is 13.3.